The number of nitrogen functional groups attached to an aromatic ring is 1. The second kappa shape index (κ2) is 5.70. The number of benzene rings is 1. The first-order chi connectivity index (χ1) is 9.44. The summed E-state index contributed by atoms with van der Waals surface area (Å²) in [5.41, 5.74) is 7.97. The highest BCUT2D eigenvalue weighted by atomic mass is 32.2. The van der Waals surface area contributed by atoms with E-state index in [0.717, 1.165) is 5.56 Å². The number of rotatable bonds is 5. The van der Waals surface area contributed by atoms with Crippen molar-refractivity contribution in [2.45, 2.75) is 19.3 Å². The van der Waals surface area contributed by atoms with Crippen molar-refractivity contribution in [3.8, 4) is 0 Å². The lowest BCUT2D eigenvalue weighted by Gasteiger charge is -2.19. The van der Waals surface area contributed by atoms with Gasteiger partial charge < -0.3 is 10.5 Å². The minimum atomic E-state index is -3.41. The number of nitrogens with two attached hydrogens (primary N) is 1. The van der Waals surface area contributed by atoms with Gasteiger partial charge in [-0.15, -0.1) is 0 Å². The number of hydrogen-bond acceptors (Lipinski definition) is 5. The zero-order valence-electron chi connectivity index (χ0n) is 11.3. The summed E-state index contributed by atoms with van der Waals surface area (Å²) in [6, 6.07) is 5.23. The second-order valence-electron chi connectivity index (χ2n) is 4.71. The van der Waals surface area contributed by atoms with Crippen LogP contribution < -0.4 is 10.0 Å². The highest BCUT2D eigenvalue weighted by molar-refractivity contribution is 7.92. The Morgan fingerprint density at radius 2 is 2.20 bits per heavy atom. The molecule has 7 heteroatoms. The third-order valence-corrected chi connectivity index (χ3v) is 5.16. The van der Waals surface area contributed by atoms with Crippen molar-refractivity contribution >= 4 is 27.4 Å². The molecule has 0 amide bonds. The van der Waals surface area contributed by atoms with Gasteiger partial charge >= 0.3 is 5.97 Å². The van der Waals surface area contributed by atoms with E-state index in [-0.39, 0.29) is 18.6 Å². The van der Waals surface area contributed by atoms with Gasteiger partial charge in [0.2, 0.25) is 10.0 Å². The molecule has 0 unspecified atom stereocenters. The summed E-state index contributed by atoms with van der Waals surface area (Å²) in [4.78, 5) is 11.0. The summed E-state index contributed by atoms with van der Waals surface area (Å²) in [7, 11) is -2.12. The summed E-state index contributed by atoms with van der Waals surface area (Å²) < 4.78 is 30.5. The number of fused-ring (bicyclic) bond motifs is 1. The summed E-state index contributed by atoms with van der Waals surface area (Å²) in [5.74, 6) is -0.457. The van der Waals surface area contributed by atoms with Gasteiger partial charge in [-0.2, -0.15) is 0 Å². The minimum absolute atomic E-state index is 0.0636. The first-order valence-electron chi connectivity index (χ1n) is 6.39. The van der Waals surface area contributed by atoms with Crippen molar-refractivity contribution in [3.05, 3.63) is 23.8 Å². The predicted molar refractivity (Wildman–Crippen MR) is 76.9 cm³/mol. The molecule has 0 aromatic heterocycles. The Morgan fingerprint density at radius 1 is 1.45 bits per heavy atom. The minimum Gasteiger partial charge on any atom is -0.469 e. The number of hydrogen-bond donors (Lipinski definition) is 1. The van der Waals surface area contributed by atoms with Crippen LogP contribution in [0.25, 0.3) is 0 Å². The topological polar surface area (TPSA) is 89.7 Å². The van der Waals surface area contributed by atoms with Crippen molar-refractivity contribution in [1.82, 2.24) is 0 Å². The number of anilines is 2. The summed E-state index contributed by atoms with van der Waals surface area (Å²) in [6.45, 7) is 0.430. The van der Waals surface area contributed by atoms with Gasteiger partial charge in [-0.05, 0) is 36.6 Å². The number of esters is 1. The number of nitrogens with zero attached hydrogens (tertiary/aromatic N) is 1. The van der Waals surface area contributed by atoms with E-state index in [4.69, 9.17) is 5.73 Å². The number of carbonyl (C=O) groups excluding carboxylic acids is 1. The Labute approximate surface area is 118 Å². The van der Waals surface area contributed by atoms with Crippen molar-refractivity contribution < 1.29 is 17.9 Å². The lowest BCUT2D eigenvalue weighted by Crippen LogP contribution is -2.31. The molecule has 6 nitrogen and oxygen atoms in total. The predicted octanol–water partition coefficient (Wildman–Crippen LogP) is 0.914. The lowest BCUT2D eigenvalue weighted by molar-refractivity contribution is -0.140. The molecule has 0 bridgehead atoms. The highest BCUT2D eigenvalue weighted by Crippen LogP contribution is 2.32. The van der Waals surface area contributed by atoms with E-state index in [2.05, 4.69) is 4.74 Å². The normalized spacial score (nSPS) is 14.2. The number of ether oxygens (including phenoxy) is 1. The molecule has 20 heavy (non-hydrogen) atoms. The van der Waals surface area contributed by atoms with Gasteiger partial charge in [0.15, 0.2) is 0 Å². The average Bonchev–Trinajstić information content (AvgIpc) is 2.81. The first kappa shape index (κ1) is 14.6. The van der Waals surface area contributed by atoms with E-state index < -0.39 is 16.0 Å². The molecular formula is C13H18N2O4S. The van der Waals surface area contributed by atoms with E-state index in [1.165, 1.54) is 11.4 Å². The molecule has 1 aromatic rings. The van der Waals surface area contributed by atoms with E-state index >= 15 is 0 Å². The van der Waals surface area contributed by atoms with Gasteiger partial charge in [-0.3, -0.25) is 9.10 Å². The van der Waals surface area contributed by atoms with Gasteiger partial charge in [0, 0.05) is 18.7 Å². The molecule has 2 rings (SSSR count). The Kier molecular flexibility index (Phi) is 4.17. The molecule has 0 fully saturated rings. The number of methoxy groups -OCH3 is 1. The second-order valence-corrected chi connectivity index (χ2v) is 6.72. The Hall–Kier alpha value is -1.76. The van der Waals surface area contributed by atoms with Crippen LogP contribution >= 0.6 is 0 Å². The lowest BCUT2D eigenvalue weighted by atomic mass is 10.1. The summed E-state index contributed by atoms with van der Waals surface area (Å²) in [6.07, 6.45) is 1.03. The van der Waals surface area contributed by atoms with Crippen LogP contribution in [0.1, 0.15) is 18.4 Å². The molecule has 0 atom stereocenters. The van der Waals surface area contributed by atoms with Gasteiger partial charge in [-0.25, -0.2) is 8.42 Å². The maximum atomic E-state index is 12.3. The molecule has 1 aromatic carbocycles. The number of carbonyl (C=O) groups is 1. The van der Waals surface area contributed by atoms with Crippen LogP contribution in [0.5, 0.6) is 0 Å². The SMILES string of the molecule is COC(=O)CCCS(=O)(=O)N1CCc2cc(N)ccc21. The third-order valence-electron chi connectivity index (χ3n) is 3.30. The van der Waals surface area contributed by atoms with Crippen LogP contribution in [0.2, 0.25) is 0 Å². The largest absolute Gasteiger partial charge is 0.469 e. The zero-order valence-corrected chi connectivity index (χ0v) is 12.1. The molecule has 110 valence electrons. The van der Waals surface area contributed by atoms with Crippen LogP contribution in [0, 0.1) is 0 Å². The average molecular weight is 298 g/mol. The molecule has 1 aliphatic rings. The fourth-order valence-electron chi connectivity index (χ4n) is 2.29. The molecule has 1 aliphatic heterocycles. The van der Waals surface area contributed by atoms with Gasteiger partial charge in [0.25, 0.3) is 0 Å². The van der Waals surface area contributed by atoms with E-state index in [0.29, 0.717) is 24.3 Å². The molecule has 0 saturated heterocycles. The van der Waals surface area contributed by atoms with Crippen molar-refractivity contribution in [2.24, 2.45) is 0 Å². The molecular weight excluding hydrogens is 280 g/mol. The van der Waals surface area contributed by atoms with E-state index in [9.17, 15) is 13.2 Å². The molecule has 0 aliphatic carbocycles. The molecule has 1 heterocycles. The molecule has 0 spiro atoms. The van der Waals surface area contributed by atoms with Gasteiger partial charge in [0.05, 0.1) is 18.6 Å². The Morgan fingerprint density at radius 3 is 2.90 bits per heavy atom. The molecule has 2 N–H and O–H groups in total. The van der Waals surface area contributed by atoms with Crippen LogP contribution in [0.3, 0.4) is 0 Å². The smallest absolute Gasteiger partial charge is 0.305 e. The highest BCUT2D eigenvalue weighted by Gasteiger charge is 2.29. The molecule has 0 saturated carbocycles. The Balaban J connectivity index is 2.07. The quantitative estimate of drug-likeness (QED) is 0.645. The van der Waals surface area contributed by atoms with Gasteiger partial charge in [-0.1, -0.05) is 0 Å². The zero-order chi connectivity index (χ0) is 14.8. The molecule has 0 radical (unpaired) electrons. The maximum Gasteiger partial charge on any atom is 0.305 e. The van der Waals surface area contributed by atoms with Crippen LogP contribution in [0.15, 0.2) is 18.2 Å². The summed E-state index contributed by atoms with van der Waals surface area (Å²) in [5, 5.41) is 0. The van der Waals surface area contributed by atoms with Crippen LogP contribution in [-0.4, -0.2) is 33.8 Å². The monoisotopic (exact) mass is 298 g/mol. The third kappa shape index (κ3) is 3.04. The number of sulfonamides is 1. The van der Waals surface area contributed by atoms with Crippen LogP contribution in [-0.2, 0) is 26.0 Å². The summed E-state index contributed by atoms with van der Waals surface area (Å²) >= 11 is 0. The standard InChI is InChI=1S/C13H18N2O4S/c1-19-13(16)3-2-8-20(17,18)15-7-6-10-9-11(14)4-5-12(10)15/h4-5,9H,2-3,6-8,14H2,1H3. The first-order valence-corrected chi connectivity index (χ1v) is 8.00. The van der Waals surface area contributed by atoms with Crippen molar-refractivity contribution in [3.63, 3.8) is 0 Å². The van der Waals surface area contributed by atoms with E-state index in [1.807, 2.05) is 0 Å². The Bertz CT molecular complexity index is 613. The fourth-order valence-corrected chi connectivity index (χ4v) is 3.87. The fraction of sp³-hybridized carbons (Fsp3) is 0.462. The maximum absolute atomic E-state index is 12.3. The van der Waals surface area contributed by atoms with Gasteiger partial charge in [0.1, 0.15) is 0 Å². The van der Waals surface area contributed by atoms with Crippen LogP contribution in [0.4, 0.5) is 11.4 Å². The van der Waals surface area contributed by atoms with Crippen molar-refractivity contribution in [2.75, 3.05) is 29.4 Å². The van der Waals surface area contributed by atoms with E-state index in [1.54, 1.807) is 18.2 Å². The van der Waals surface area contributed by atoms with Crippen molar-refractivity contribution in [1.29, 1.82) is 0 Å².